The summed E-state index contributed by atoms with van der Waals surface area (Å²) in [5, 5.41) is 0. The van der Waals surface area contributed by atoms with Crippen molar-refractivity contribution in [1.82, 2.24) is 0 Å². The van der Waals surface area contributed by atoms with E-state index in [1.54, 1.807) is 48.5 Å². The van der Waals surface area contributed by atoms with Crippen molar-refractivity contribution in [1.29, 1.82) is 0 Å². The summed E-state index contributed by atoms with van der Waals surface area (Å²) in [6, 6.07) is 33.2. The zero-order valence-corrected chi connectivity index (χ0v) is 16.5. The van der Waals surface area contributed by atoms with Crippen molar-refractivity contribution in [2.24, 2.45) is 0 Å². The number of esters is 2. The molecule has 0 aromatic heterocycles. The van der Waals surface area contributed by atoms with E-state index < -0.39 is 11.9 Å². The molecule has 0 unspecified atom stereocenters. The zero-order valence-electron chi connectivity index (χ0n) is 14.3. The summed E-state index contributed by atoms with van der Waals surface area (Å²) in [5.74, 6) is -1.24. The van der Waals surface area contributed by atoms with Gasteiger partial charge in [0, 0.05) is 0 Å². The van der Waals surface area contributed by atoms with Crippen LogP contribution in [0.4, 0.5) is 0 Å². The first-order valence-electron chi connectivity index (χ1n) is 7.80. The topological polar surface area (TPSA) is 43.4 Å². The van der Waals surface area contributed by atoms with Gasteiger partial charge < -0.3 is 14.3 Å². The molecular formula is C22H18Fe2O3. The Bertz CT molecular complexity index is 692. The van der Waals surface area contributed by atoms with Crippen molar-refractivity contribution in [2.45, 2.75) is 0 Å². The summed E-state index contributed by atoms with van der Waals surface area (Å²) in [6.07, 6.45) is 0. The van der Waals surface area contributed by atoms with Crippen LogP contribution in [0, 0.1) is 0 Å². The molecule has 0 spiro atoms. The maximum Gasteiger partial charge on any atom is 2.00 e. The number of carbonyl (C=O) groups excluding carboxylic acids is 2. The maximum absolute atomic E-state index is 11.4. The largest absolute Gasteiger partial charge is 2.00 e. The molecule has 0 radical (unpaired) electrons. The summed E-state index contributed by atoms with van der Waals surface area (Å²) >= 11 is 0. The average Bonchev–Trinajstić information content (AvgIpc) is 3.48. The van der Waals surface area contributed by atoms with Crippen molar-refractivity contribution in [2.75, 3.05) is 0 Å². The van der Waals surface area contributed by atoms with Gasteiger partial charge in [-0.2, -0.15) is 72.8 Å². The molecule has 0 N–H and O–H groups in total. The van der Waals surface area contributed by atoms with Gasteiger partial charge in [-0.1, -0.05) is 11.1 Å². The minimum atomic E-state index is -0.619. The van der Waals surface area contributed by atoms with Crippen LogP contribution in [0.1, 0.15) is 20.7 Å². The first kappa shape index (κ1) is 24.6. The molecule has 140 valence electrons. The van der Waals surface area contributed by atoms with Gasteiger partial charge in [0.25, 0.3) is 0 Å². The molecule has 27 heavy (non-hydrogen) atoms. The average molecular weight is 442 g/mol. The number of hydrogen-bond acceptors (Lipinski definition) is 3. The number of carbonyl (C=O) groups is 2. The van der Waals surface area contributed by atoms with Gasteiger partial charge in [-0.25, -0.2) is 24.3 Å². The minimum Gasteiger partial charge on any atom is -0.483 e. The smallest absolute Gasteiger partial charge is 0.483 e. The van der Waals surface area contributed by atoms with E-state index in [0.717, 1.165) is 0 Å². The van der Waals surface area contributed by atoms with Crippen LogP contribution in [0.3, 0.4) is 0 Å². The van der Waals surface area contributed by atoms with Gasteiger partial charge in [0.1, 0.15) is 0 Å². The van der Waals surface area contributed by atoms with E-state index in [4.69, 9.17) is 0 Å². The summed E-state index contributed by atoms with van der Waals surface area (Å²) in [7, 11) is 0. The standard InChI is InChI=1S/C12H8O3.2C5H5.2Fe/c13-11(9-5-1-2-6-9)15-12(14)10-7-3-4-8-10;2*1-2-4-5-3-1;;/h1-8H;2*1-5H;;/q-2;2*-1;2*+2. The molecule has 0 amide bonds. The van der Waals surface area contributed by atoms with E-state index >= 15 is 0 Å². The summed E-state index contributed by atoms with van der Waals surface area (Å²) in [4.78, 5) is 22.7. The second-order valence-corrected chi connectivity index (χ2v) is 4.95. The van der Waals surface area contributed by atoms with E-state index in [1.165, 1.54) is 0 Å². The van der Waals surface area contributed by atoms with Gasteiger partial charge in [-0.15, -0.1) is 12.1 Å². The second kappa shape index (κ2) is 14.7. The second-order valence-electron chi connectivity index (χ2n) is 4.95. The Morgan fingerprint density at radius 2 is 0.963 bits per heavy atom. The normalized spacial score (nSPS) is 8.44. The van der Waals surface area contributed by atoms with Crippen molar-refractivity contribution in [3.63, 3.8) is 0 Å². The van der Waals surface area contributed by atoms with Crippen molar-refractivity contribution in [3.05, 3.63) is 120 Å². The Hall–Kier alpha value is -2.42. The van der Waals surface area contributed by atoms with E-state index in [-0.39, 0.29) is 34.1 Å². The maximum atomic E-state index is 11.4. The minimum absolute atomic E-state index is 0. The molecule has 0 aliphatic rings. The van der Waals surface area contributed by atoms with Gasteiger partial charge in [-0.05, 0) is 0 Å². The molecule has 0 aliphatic carbocycles. The molecule has 0 heterocycles. The van der Waals surface area contributed by atoms with Crippen LogP contribution in [0.2, 0.25) is 0 Å². The molecule has 0 saturated carbocycles. The van der Waals surface area contributed by atoms with Crippen LogP contribution >= 0.6 is 0 Å². The predicted octanol–water partition coefficient (Wildman–Crippen LogP) is 4.93. The van der Waals surface area contributed by atoms with Crippen molar-refractivity contribution in [3.8, 4) is 0 Å². The Kier molecular flexibility index (Phi) is 13.4. The Morgan fingerprint density at radius 1 is 0.593 bits per heavy atom. The molecule has 0 aliphatic heterocycles. The van der Waals surface area contributed by atoms with E-state index in [0.29, 0.717) is 11.1 Å². The van der Waals surface area contributed by atoms with Gasteiger partial charge in [0.15, 0.2) is 0 Å². The molecule has 4 aromatic carbocycles. The molecule has 5 heteroatoms. The molecule has 0 saturated heterocycles. The van der Waals surface area contributed by atoms with E-state index in [1.807, 2.05) is 60.7 Å². The quantitative estimate of drug-likeness (QED) is 0.192. The van der Waals surface area contributed by atoms with Crippen LogP contribution in [0.15, 0.2) is 109 Å². The zero-order chi connectivity index (χ0) is 17.7. The molecular weight excluding hydrogens is 424 g/mol. The van der Waals surface area contributed by atoms with Crippen LogP contribution in [0.5, 0.6) is 0 Å². The Balaban J connectivity index is 0.000000465. The van der Waals surface area contributed by atoms with Crippen LogP contribution in [-0.4, -0.2) is 11.9 Å². The van der Waals surface area contributed by atoms with Crippen LogP contribution in [-0.2, 0) is 38.9 Å². The fourth-order valence-corrected chi connectivity index (χ4v) is 1.86. The molecule has 0 bridgehead atoms. The van der Waals surface area contributed by atoms with Gasteiger partial charge in [-0.3, -0.25) is 0 Å². The van der Waals surface area contributed by atoms with Gasteiger partial charge >= 0.3 is 34.1 Å². The monoisotopic (exact) mass is 442 g/mol. The third kappa shape index (κ3) is 9.74. The predicted molar refractivity (Wildman–Crippen MR) is 97.9 cm³/mol. The summed E-state index contributed by atoms with van der Waals surface area (Å²) in [5.41, 5.74) is 0.768. The van der Waals surface area contributed by atoms with E-state index in [2.05, 4.69) is 4.74 Å². The van der Waals surface area contributed by atoms with Crippen LogP contribution in [0.25, 0.3) is 0 Å². The number of hydrogen-bond donors (Lipinski definition) is 0. The molecule has 3 nitrogen and oxygen atoms in total. The Labute approximate surface area is 180 Å². The number of ether oxygens (including phenoxy) is 1. The summed E-state index contributed by atoms with van der Waals surface area (Å²) in [6.45, 7) is 0. The molecule has 4 rings (SSSR count). The van der Waals surface area contributed by atoms with Crippen LogP contribution < -0.4 is 0 Å². The van der Waals surface area contributed by atoms with Crippen molar-refractivity contribution < 1.29 is 48.5 Å². The van der Waals surface area contributed by atoms with Gasteiger partial charge in [0.2, 0.25) is 11.9 Å². The number of rotatable bonds is 2. The molecule has 0 atom stereocenters. The fourth-order valence-electron chi connectivity index (χ4n) is 1.86. The first-order valence-corrected chi connectivity index (χ1v) is 7.80. The van der Waals surface area contributed by atoms with Crippen molar-refractivity contribution >= 4 is 11.9 Å². The fraction of sp³-hybridized carbons (Fsp3) is 0. The third-order valence-electron chi connectivity index (χ3n) is 3.09. The molecule has 0 fully saturated rings. The SMILES string of the molecule is O=C(OC(=O)c1ccc[cH-]1)c1ccc[cH-]1.[Fe+2].[Fe+2].c1cc[cH-]c1.c1cc[cH-]c1. The van der Waals surface area contributed by atoms with E-state index in [9.17, 15) is 9.59 Å². The molecule has 4 aromatic rings. The van der Waals surface area contributed by atoms with Gasteiger partial charge in [0.05, 0.1) is 0 Å². The Morgan fingerprint density at radius 3 is 1.19 bits per heavy atom. The summed E-state index contributed by atoms with van der Waals surface area (Å²) < 4.78 is 4.66. The third-order valence-corrected chi connectivity index (χ3v) is 3.09. The first-order chi connectivity index (χ1) is 12.3.